The summed E-state index contributed by atoms with van der Waals surface area (Å²) >= 11 is 6.09. The van der Waals surface area contributed by atoms with Crippen molar-refractivity contribution in [2.24, 2.45) is 0 Å². The molecule has 1 unspecified atom stereocenters. The first-order valence-electron chi connectivity index (χ1n) is 6.83. The van der Waals surface area contributed by atoms with Crippen molar-refractivity contribution < 1.29 is 4.79 Å². The number of nitrogens with one attached hydrogen (secondary N) is 1. The molecule has 0 aromatic heterocycles. The van der Waals surface area contributed by atoms with Crippen LogP contribution in [-0.4, -0.2) is 37.0 Å². The van der Waals surface area contributed by atoms with Crippen LogP contribution >= 0.6 is 24.0 Å². The van der Waals surface area contributed by atoms with Crippen molar-refractivity contribution >= 4 is 29.9 Å². The molecule has 5 heteroatoms. The molecule has 0 radical (unpaired) electrons. The van der Waals surface area contributed by atoms with Crippen LogP contribution in [0.3, 0.4) is 0 Å². The summed E-state index contributed by atoms with van der Waals surface area (Å²) in [6.45, 7) is 3.98. The van der Waals surface area contributed by atoms with Crippen LogP contribution in [0, 0.1) is 6.92 Å². The van der Waals surface area contributed by atoms with Crippen molar-refractivity contribution in [3.63, 3.8) is 0 Å². The molecule has 3 nitrogen and oxygen atoms in total. The maximum absolute atomic E-state index is 12.5. The highest BCUT2D eigenvalue weighted by Crippen LogP contribution is 2.20. The van der Waals surface area contributed by atoms with E-state index in [4.69, 9.17) is 11.6 Å². The summed E-state index contributed by atoms with van der Waals surface area (Å²) in [4.78, 5) is 14.3. The number of rotatable bonds is 2. The van der Waals surface area contributed by atoms with Crippen LogP contribution in [0.5, 0.6) is 0 Å². The predicted octanol–water partition coefficient (Wildman–Crippen LogP) is 3.28. The summed E-state index contributed by atoms with van der Waals surface area (Å²) in [5.74, 6) is 0.0637. The lowest BCUT2D eigenvalue weighted by Gasteiger charge is -2.27. The molecule has 1 aliphatic rings. The number of nitrogens with zero attached hydrogens (tertiary/aromatic N) is 1. The first kappa shape index (κ1) is 17.3. The molecule has 1 fully saturated rings. The topological polar surface area (TPSA) is 32.3 Å². The summed E-state index contributed by atoms with van der Waals surface area (Å²) < 4.78 is 0. The SMILES string of the molecule is Cc1ccc(C(=O)N(C)C2CCCNCC2)cc1Cl.Cl. The van der Waals surface area contributed by atoms with Crippen molar-refractivity contribution in [1.29, 1.82) is 0 Å². The van der Waals surface area contributed by atoms with E-state index in [1.54, 1.807) is 6.07 Å². The molecule has 1 N–H and O–H groups in total. The third kappa shape index (κ3) is 4.11. The summed E-state index contributed by atoms with van der Waals surface area (Å²) in [7, 11) is 1.89. The Morgan fingerprint density at radius 3 is 2.80 bits per heavy atom. The van der Waals surface area contributed by atoms with Gasteiger partial charge < -0.3 is 10.2 Å². The van der Waals surface area contributed by atoms with Crippen molar-refractivity contribution in [1.82, 2.24) is 10.2 Å². The highest BCUT2D eigenvalue weighted by atomic mass is 35.5. The number of hydrogen-bond acceptors (Lipinski definition) is 2. The second kappa shape index (κ2) is 7.87. The normalized spacial score (nSPS) is 18.9. The number of amides is 1. The molecule has 0 bridgehead atoms. The third-order valence-corrected chi connectivity index (χ3v) is 4.24. The average molecular weight is 317 g/mol. The first-order chi connectivity index (χ1) is 9.09. The fraction of sp³-hybridized carbons (Fsp3) is 0.533. The summed E-state index contributed by atoms with van der Waals surface area (Å²) in [5, 5.41) is 4.02. The quantitative estimate of drug-likeness (QED) is 0.908. The van der Waals surface area contributed by atoms with Gasteiger partial charge in [-0.1, -0.05) is 17.7 Å². The van der Waals surface area contributed by atoms with Crippen LogP contribution in [0.2, 0.25) is 5.02 Å². The van der Waals surface area contributed by atoms with Crippen molar-refractivity contribution in [2.75, 3.05) is 20.1 Å². The van der Waals surface area contributed by atoms with Crippen molar-refractivity contribution in [3.05, 3.63) is 34.3 Å². The Morgan fingerprint density at radius 2 is 2.10 bits per heavy atom. The lowest BCUT2D eigenvalue weighted by Crippen LogP contribution is -2.37. The third-order valence-electron chi connectivity index (χ3n) is 3.83. The molecule has 1 amide bonds. The van der Waals surface area contributed by atoms with Gasteiger partial charge in [-0.15, -0.1) is 12.4 Å². The second-order valence-corrected chi connectivity index (χ2v) is 5.62. The van der Waals surface area contributed by atoms with Gasteiger partial charge in [0, 0.05) is 23.7 Å². The minimum Gasteiger partial charge on any atom is -0.339 e. The highest BCUT2D eigenvalue weighted by molar-refractivity contribution is 6.31. The van der Waals surface area contributed by atoms with Gasteiger partial charge in [0.15, 0.2) is 0 Å². The number of hydrogen-bond donors (Lipinski definition) is 1. The van der Waals surface area contributed by atoms with Crippen LogP contribution in [0.4, 0.5) is 0 Å². The Morgan fingerprint density at radius 1 is 1.35 bits per heavy atom. The maximum Gasteiger partial charge on any atom is 0.253 e. The van der Waals surface area contributed by atoms with E-state index in [0.717, 1.165) is 37.9 Å². The zero-order valence-electron chi connectivity index (χ0n) is 12.0. The Balaban J connectivity index is 0.00000200. The van der Waals surface area contributed by atoms with Gasteiger partial charge in [0.25, 0.3) is 5.91 Å². The minimum atomic E-state index is 0. The number of benzene rings is 1. The second-order valence-electron chi connectivity index (χ2n) is 5.21. The number of carbonyl (C=O) groups is 1. The number of aryl methyl sites for hydroxylation is 1. The lowest BCUT2D eigenvalue weighted by molar-refractivity contribution is 0.0720. The van der Waals surface area contributed by atoms with E-state index < -0.39 is 0 Å². The van der Waals surface area contributed by atoms with E-state index in [1.807, 2.05) is 31.0 Å². The van der Waals surface area contributed by atoms with Crippen LogP contribution < -0.4 is 5.32 Å². The molecule has 0 aliphatic carbocycles. The van der Waals surface area contributed by atoms with Gasteiger partial charge in [0.2, 0.25) is 0 Å². The Bertz CT molecular complexity index is 457. The molecule has 1 aliphatic heterocycles. The van der Waals surface area contributed by atoms with Gasteiger partial charge in [-0.05, 0) is 57.0 Å². The molecule has 1 atom stereocenters. The fourth-order valence-electron chi connectivity index (χ4n) is 2.48. The van der Waals surface area contributed by atoms with Gasteiger partial charge in [-0.3, -0.25) is 4.79 Å². The summed E-state index contributed by atoms with van der Waals surface area (Å²) in [6.07, 6.45) is 3.20. The van der Waals surface area contributed by atoms with E-state index >= 15 is 0 Å². The Kier molecular flexibility index (Phi) is 6.80. The zero-order chi connectivity index (χ0) is 13.8. The zero-order valence-corrected chi connectivity index (χ0v) is 13.6. The van der Waals surface area contributed by atoms with Gasteiger partial charge in [-0.25, -0.2) is 0 Å². The van der Waals surface area contributed by atoms with E-state index in [1.165, 1.54) is 0 Å². The fourth-order valence-corrected chi connectivity index (χ4v) is 2.66. The molecule has 2 rings (SSSR count). The Labute approximate surface area is 132 Å². The Hall–Kier alpha value is -0.770. The van der Waals surface area contributed by atoms with Crippen LogP contribution in [0.15, 0.2) is 18.2 Å². The van der Waals surface area contributed by atoms with E-state index in [-0.39, 0.29) is 18.3 Å². The highest BCUT2D eigenvalue weighted by Gasteiger charge is 2.22. The summed E-state index contributed by atoms with van der Waals surface area (Å²) in [6, 6.07) is 5.85. The number of carbonyl (C=O) groups excluding carboxylic acids is 1. The smallest absolute Gasteiger partial charge is 0.253 e. The van der Waals surface area contributed by atoms with Gasteiger partial charge in [0.05, 0.1) is 0 Å². The largest absolute Gasteiger partial charge is 0.339 e. The molecular formula is C15H22Cl2N2O. The standard InChI is InChI=1S/C15H21ClN2O.ClH/c1-11-5-6-12(10-14(11)16)15(19)18(2)13-4-3-8-17-9-7-13;/h5-6,10,13,17H,3-4,7-9H2,1-2H3;1H. The molecule has 112 valence electrons. The number of halogens is 2. The maximum atomic E-state index is 12.5. The van der Waals surface area contributed by atoms with E-state index in [9.17, 15) is 4.79 Å². The summed E-state index contributed by atoms with van der Waals surface area (Å²) in [5.41, 5.74) is 1.68. The minimum absolute atomic E-state index is 0. The molecule has 20 heavy (non-hydrogen) atoms. The van der Waals surface area contributed by atoms with E-state index in [2.05, 4.69) is 5.32 Å². The van der Waals surface area contributed by atoms with Crippen LogP contribution in [-0.2, 0) is 0 Å². The van der Waals surface area contributed by atoms with Crippen LogP contribution in [0.25, 0.3) is 0 Å². The molecule has 1 heterocycles. The molecular weight excluding hydrogens is 295 g/mol. The first-order valence-corrected chi connectivity index (χ1v) is 7.21. The molecule has 1 aromatic carbocycles. The van der Waals surface area contributed by atoms with E-state index in [0.29, 0.717) is 16.6 Å². The van der Waals surface area contributed by atoms with Gasteiger partial charge in [-0.2, -0.15) is 0 Å². The van der Waals surface area contributed by atoms with Crippen molar-refractivity contribution in [3.8, 4) is 0 Å². The molecule has 1 aromatic rings. The predicted molar refractivity (Wildman–Crippen MR) is 86.0 cm³/mol. The van der Waals surface area contributed by atoms with Gasteiger partial charge >= 0.3 is 0 Å². The molecule has 0 saturated carbocycles. The molecule has 1 saturated heterocycles. The van der Waals surface area contributed by atoms with Crippen molar-refractivity contribution in [2.45, 2.75) is 32.2 Å². The average Bonchev–Trinajstić information content (AvgIpc) is 2.69. The van der Waals surface area contributed by atoms with Crippen LogP contribution in [0.1, 0.15) is 35.2 Å². The van der Waals surface area contributed by atoms with Gasteiger partial charge in [0.1, 0.15) is 0 Å². The molecule has 0 spiro atoms. The lowest BCUT2D eigenvalue weighted by atomic mass is 10.1. The monoisotopic (exact) mass is 316 g/mol.